The number of ether oxygens (including phenoxy) is 1. The fourth-order valence-corrected chi connectivity index (χ4v) is 2.57. The van der Waals surface area contributed by atoms with Gasteiger partial charge in [-0.3, -0.25) is 4.90 Å². The first-order valence-electron chi connectivity index (χ1n) is 7.35. The monoisotopic (exact) mass is 265 g/mol. The van der Waals surface area contributed by atoms with Crippen LogP contribution in [0.4, 0.5) is 0 Å². The van der Waals surface area contributed by atoms with Crippen LogP contribution in [0.3, 0.4) is 0 Å². The Morgan fingerprint density at radius 3 is 2.95 bits per heavy atom. The summed E-state index contributed by atoms with van der Waals surface area (Å²) in [7, 11) is 0. The maximum Gasteiger partial charge on any atom is 0.0880 e. The Morgan fingerprint density at radius 2 is 2.26 bits per heavy atom. The number of aromatic nitrogens is 1. The quantitative estimate of drug-likeness (QED) is 0.884. The summed E-state index contributed by atoms with van der Waals surface area (Å²) in [5, 5.41) is 0. The van der Waals surface area contributed by atoms with Gasteiger partial charge in [0.05, 0.1) is 12.7 Å². The molecule has 0 spiro atoms. The Bertz CT molecular complexity index is 388. The highest BCUT2D eigenvalue weighted by Gasteiger charge is 2.20. The van der Waals surface area contributed by atoms with Gasteiger partial charge in [-0.05, 0) is 24.1 Å². The van der Waals surface area contributed by atoms with Gasteiger partial charge in [0.15, 0.2) is 0 Å². The van der Waals surface area contributed by atoms with Gasteiger partial charge in [0, 0.05) is 38.1 Å². The van der Waals surface area contributed by atoms with Crippen molar-refractivity contribution in [2.45, 2.75) is 39.5 Å². The van der Waals surface area contributed by atoms with Crippen molar-refractivity contribution in [2.24, 2.45) is 11.7 Å². The second-order valence-corrected chi connectivity index (χ2v) is 5.80. The Morgan fingerprint density at radius 1 is 1.47 bits per heavy atom. The standard InChI is InChI=1S/C15H27N3O/c1-4-17-7-8-19-14(10-17)11-18-6-5-13(9-18)15(16)12(2)3/h5-6,9,12,14-15H,4,7-8,10-11,16H2,1-3H3. The van der Waals surface area contributed by atoms with Crippen LogP contribution in [-0.4, -0.2) is 41.8 Å². The summed E-state index contributed by atoms with van der Waals surface area (Å²) in [6, 6.07) is 2.26. The Labute approximate surface area is 116 Å². The summed E-state index contributed by atoms with van der Waals surface area (Å²) >= 11 is 0. The van der Waals surface area contributed by atoms with Crippen molar-refractivity contribution in [3.63, 3.8) is 0 Å². The molecule has 19 heavy (non-hydrogen) atoms. The largest absolute Gasteiger partial charge is 0.374 e. The summed E-state index contributed by atoms with van der Waals surface area (Å²) in [5.74, 6) is 0.470. The van der Waals surface area contributed by atoms with Crippen molar-refractivity contribution in [3.8, 4) is 0 Å². The molecule has 2 rings (SSSR count). The average molecular weight is 265 g/mol. The van der Waals surface area contributed by atoms with E-state index in [9.17, 15) is 0 Å². The first-order chi connectivity index (χ1) is 9.10. The third kappa shape index (κ3) is 3.81. The molecule has 2 unspecified atom stereocenters. The molecule has 1 aromatic rings. The predicted octanol–water partition coefficient (Wildman–Crippen LogP) is 1.86. The Kier molecular flexibility index (Phi) is 5.02. The normalized spacial score (nSPS) is 22.9. The van der Waals surface area contributed by atoms with E-state index >= 15 is 0 Å². The van der Waals surface area contributed by atoms with Crippen LogP contribution in [0.2, 0.25) is 0 Å². The molecule has 108 valence electrons. The molecule has 2 heterocycles. The highest BCUT2D eigenvalue weighted by Crippen LogP contribution is 2.19. The van der Waals surface area contributed by atoms with Gasteiger partial charge in [-0.15, -0.1) is 0 Å². The van der Waals surface area contributed by atoms with E-state index in [2.05, 4.69) is 48.7 Å². The summed E-state index contributed by atoms with van der Waals surface area (Å²) in [4.78, 5) is 2.44. The van der Waals surface area contributed by atoms with E-state index in [4.69, 9.17) is 10.5 Å². The highest BCUT2D eigenvalue weighted by molar-refractivity contribution is 5.15. The zero-order valence-electron chi connectivity index (χ0n) is 12.4. The summed E-state index contributed by atoms with van der Waals surface area (Å²) in [5.41, 5.74) is 7.40. The zero-order valence-corrected chi connectivity index (χ0v) is 12.4. The Balaban J connectivity index is 1.92. The lowest BCUT2D eigenvalue weighted by Gasteiger charge is -2.32. The maximum absolute atomic E-state index is 6.18. The van der Waals surface area contributed by atoms with Crippen LogP contribution in [-0.2, 0) is 11.3 Å². The van der Waals surface area contributed by atoms with Crippen molar-refractivity contribution in [1.82, 2.24) is 9.47 Å². The van der Waals surface area contributed by atoms with Crippen molar-refractivity contribution in [1.29, 1.82) is 0 Å². The lowest BCUT2D eigenvalue weighted by molar-refractivity contribution is -0.0342. The van der Waals surface area contributed by atoms with Gasteiger partial charge < -0.3 is 15.0 Å². The molecule has 4 nitrogen and oxygen atoms in total. The van der Waals surface area contributed by atoms with E-state index in [1.54, 1.807) is 0 Å². The first kappa shape index (κ1) is 14.6. The number of rotatable bonds is 5. The molecule has 2 atom stereocenters. The van der Waals surface area contributed by atoms with Gasteiger partial charge >= 0.3 is 0 Å². The fourth-order valence-electron chi connectivity index (χ4n) is 2.57. The molecule has 0 aliphatic carbocycles. The van der Waals surface area contributed by atoms with Crippen LogP contribution in [0, 0.1) is 5.92 Å². The van der Waals surface area contributed by atoms with E-state index in [-0.39, 0.29) is 6.04 Å². The number of nitrogens with two attached hydrogens (primary N) is 1. The topological polar surface area (TPSA) is 43.4 Å². The molecule has 2 N–H and O–H groups in total. The molecule has 0 bridgehead atoms. The molecular formula is C15H27N3O. The summed E-state index contributed by atoms with van der Waals surface area (Å²) in [6.07, 6.45) is 4.58. The lowest BCUT2D eigenvalue weighted by atomic mass is 10.00. The third-order valence-corrected chi connectivity index (χ3v) is 3.96. The van der Waals surface area contributed by atoms with Crippen LogP contribution in [0.15, 0.2) is 18.5 Å². The van der Waals surface area contributed by atoms with E-state index < -0.39 is 0 Å². The molecule has 0 amide bonds. The van der Waals surface area contributed by atoms with Crippen LogP contribution in [0.1, 0.15) is 32.4 Å². The maximum atomic E-state index is 6.18. The molecule has 1 aliphatic rings. The van der Waals surface area contributed by atoms with E-state index in [1.165, 1.54) is 5.56 Å². The van der Waals surface area contributed by atoms with Gasteiger partial charge in [-0.1, -0.05) is 20.8 Å². The number of hydrogen-bond donors (Lipinski definition) is 1. The summed E-state index contributed by atoms with van der Waals surface area (Å²) < 4.78 is 8.05. The second-order valence-electron chi connectivity index (χ2n) is 5.80. The fraction of sp³-hybridized carbons (Fsp3) is 0.733. The molecular weight excluding hydrogens is 238 g/mol. The van der Waals surface area contributed by atoms with Crippen LogP contribution in [0.5, 0.6) is 0 Å². The number of likely N-dealkylation sites (N-methyl/N-ethyl adjacent to an activating group) is 1. The molecule has 0 aromatic carbocycles. The van der Waals surface area contributed by atoms with Gasteiger partial charge in [0.25, 0.3) is 0 Å². The van der Waals surface area contributed by atoms with Crippen LogP contribution < -0.4 is 5.73 Å². The van der Waals surface area contributed by atoms with Crippen molar-refractivity contribution in [3.05, 3.63) is 24.0 Å². The van der Waals surface area contributed by atoms with E-state index in [0.29, 0.717) is 12.0 Å². The number of hydrogen-bond acceptors (Lipinski definition) is 3. The summed E-state index contributed by atoms with van der Waals surface area (Å²) in [6.45, 7) is 11.5. The lowest BCUT2D eigenvalue weighted by Crippen LogP contribution is -2.43. The molecule has 1 aromatic heterocycles. The number of morpholine rings is 1. The van der Waals surface area contributed by atoms with Crippen molar-refractivity contribution < 1.29 is 4.74 Å². The molecule has 1 saturated heterocycles. The highest BCUT2D eigenvalue weighted by atomic mass is 16.5. The smallest absolute Gasteiger partial charge is 0.0880 e. The minimum Gasteiger partial charge on any atom is -0.374 e. The third-order valence-electron chi connectivity index (χ3n) is 3.96. The molecule has 0 radical (unpaired) electrons. The SMILES string of the molecule is CCN1CCOC(Cn2ccc(C(N)C(C)C)c2)C1. The first-order valence-corrected chi connectivity index (χ1v) is 7.35. The van der Waals surface area contributed by atoms with Gasteiger partial charge in [0.1, 0.15) is 0 Å². The van der Waals surface area contributed by atoms with Crippen LogP contribution in [0.25, 0.3) is 0 Å². The predicted molar refractivity (Wildman–Crippen MR) is 78.1 cm³/mol. The van der Waals surface area contributed by atoms with Gasteiger partial charge in [-0.2, -0.15) is 0 Å². The van der Waals surface area contributed by atoms with Gasteiger partial charge in [0.2, 0.25) is 0 Å². The molecule has 4 heteroatoms. The average Bonchev–Trinajstić information content (AvgIpc) is 2.86. The van der Waals surface area contributed by atoms with Gasteiger partial charge in [-0.25, -0.2) is 0 Å². The minimum atomic E-state index is 0.126. The molecule has 1 aliphatic heterocycles. The second kappa shape index (κ2) is 6.55. The molecule has 1 fully saturated rings. The van der Waals surface area contributed by atoms with E-state index in [0.717, 1.165) is 32.8 Å². The Hall–Kier alpha value is -0.840. The number of nitrogens with zero attached hydrogens (tertiary/aromatic N) is 2. The van der Waals surface area contributed by atoms with E-state index in [1.807, 2.05) is 0 Å². The zero-order chi connectivity index (χ0) is 13.8. The van der Waals surface area contributed by atoms with Crippen molar-refractivity contribution in [2.75, 3.05) is 26.2 Å². The van der Waals surface area contributed by atoms with Crippen LogP contribution >= 0.6 is 0 Å². The molecule has 0 saturated carbocycles. The van der Waals surface area contributed by atoms with Crippen molar-refractivity contribution >= 4 is 0 Å². The minimum absolute atomic E-state index is 0.126.